The van der Waals surface area contributed by atoms with Crippen LogP contribution >= 0.6 is 11.6 Å². The zero-order valence-corrected chi connectivity index (χ0v) is 19.3. The zero-order valence-electron chi connectivity index (χ0n) is 18.6. The van der Waals surface area contributed by atoms with Crippen LogP contribution in [0.15, 0.2) is 29.3 Å². The fourth-order valence-electron chi connectivity index (χ4n) is 4.40. The third kappa shape index (κ3) is 4.31. The third-order valence-electron chi connectivity index (χ3n) is 6.11. The molecule has 1 aromatic carbocycles. The van der Waals surface area contributed by atoms with E-state index < -0.39 is 18.2 Å². The Hall–Kier alpha value is -2.65. The summed E-state index contributed by atoms with van der Waals surface area (Å²) in [5.74, 6) is 1.77. The van der Waals surface area contributed by atoms with E-state index in [9.17, 15) is 14.7 Å². The summed E-state index contributed by atoms with van der Waals surface area (Å²) >= 11 is 5.90. The van der Waals surface area contributed by atoms with Crippen LogP contribution in [0.25, 0.3) is 0 Å². The maximum Gasteiger partial charge on any atom is 0.392 e. The van der Waals surface area contributed by atoms with Gasteiger partial charge in [-0.05, 0) is 43.0 Å². The van der Waals surface area contributed by atoms with Gasteiger partial charge in [-0.2, -0.15) is 0 Å². The first kappa shape index (κ1) is 22.5. The lowest BCUT2D eigenvalue weighted by atomic mass is 10.0. The van der Waals surface area contributed by atoms with Crippen LogP contribution in [-0.2, 0) is 4.79 Å². The second-order valence-electron chi connectivity index (χ2n) is 8.68. The molecule has 3 amide bonds. The Kier molecular flexibility index (Phi) is 6.39. The number of carbonyl (C=O) groups is 2. The molecule has 0 aromatic heterocycles. The number of guanidine groups is 1. The Balaban J connectivity index is 1.58. The van der Waals surface area contributed by atoms with Gasteiger partial charge in [0.05, 0.1) is 19.6 Å². The first-order chi connectivity index (χ1) is 15.3. The molecule has 0 aliphatic carbocycles. The van der Waals surface area contributed by atoms with Gasteiger partial charge in [-0.1, -0.05) is 23.5 Å². The van der Waals surface area contributed by atoms with E-state index in [1.165, 1.54) is 11.9 Å². The lowest BCUT2D eigenvalue weighted by molar-refractivity contribution is -0.550. The summed E-state index contributed by atoms with van der Waals surface area (Å²) in [5, 5.41) is 11.4. The highest BCUT2D eigenvalue weighted by atomic mass is 35.5. The molecule has 1 aromatic rings. The fraction of sp³-hybridized carbons (Fsp3) is 0.545. The van der Waals surface area contributed by atoms with E-state index in [0.717, 1.165) is 30.8 Å². The molecule has 9 nitrogen and oxygen atoms in total. The molecule has 2 saturated heterocycles. The quantitative estimate of drug-likeness (QED) is 0.670. The Morgan fingerprint density at radius 1 is 1.25 bits per heavy atom. The summed E-state index contributed by atoms with van der Waals surface area (Å²) in [4.78, 5) is 34.6. The minimum atomic E-state index is -0.876. The van der Waals surface area contributed by atoms with Gasteiger partial charge in [0.15, 0.2) is 0 Å². The van der Waals surface area contributed by atoms with E-state index >= 15 is 0 Å². The number of carbonyl (C=O) groups excluding carboxylic acids is 2. The number of rotatable bonds is 5. The number of aliphatic hydroxyl groups is 1. The van der Waals surface area contributed by atoms with Crippen molar-refractivity contribution >= 4 is 35.3 Å². The second-order valence-corrected chi connectivity index (χ2v) is 9.11. The molecule has 32 heavy (non-hydrogen) atoms. The molecule has 172 valence electrons. The zero-order chi connectivity index (χ0) is 23.0. The molecule has 2 fully saturated rings. The molecule has 0 bridgehead atoms. The molecule has 0 radical (unpaired) electrons. The van der Waals surface area contributed by atoms with E-state index in [4.69, 9.17) is 21.3 Å². The number of ether oxygens (including phenoxy) is 1. The first-order valence-corrected chi connectivity index (χ1v) is 11.2. The highest BCUT2D eigenvalue weighted by molar-refractivity contribution is 6.30. The van der Waals surface area contributed by atoms with Crippen molar-refractivity contribution < 1.29 is 24.0 Å². The van der Waals surface area contributed by atoms with Gasteiger partial charge in [-0.25, -0.2) is 9.69 Å². The van der Waals surface area contributed by atoms with Crippen LogP contribution in [0.4, 0.5) is 4.79 Å². The van der Waals surface area contributed by atoms with Gasteiger partial charge in [-0.15, -0.1) is 0 Å². The number of likely N-dealkylation sites (N-methyl/N-ethyl adjacent to an activating group) is 2. The van der Waals surface area contributed by atoms with Crippen molar-refractivity contribution in [3.8, 4) is 5.75 Å². The molecule has 3 atom stereocenters. The highest BCUT2D eigenvalue weighted by Gasteiger charge is 2.55. The van der Waals surface area contributed by atoms with E-state index in [1.54, 1.807) is 31.3 Å². The largest absolute Gasteiger partial charge is 0.491 e. The smallest absolute Gasteiger partial charge is 0.392 e. The van der Waals surface area contributed by atoms with E-state index in [-0.39, 0.29) is 19.1 Å². The van der Waals surface area contributed by atoms with Crippen molar-refractivity contribution in [1.82, 2.24) is 14.7 Å². The van der Waals surface area contributed by atoms with Crippen LogP contribution in [0.2, 0.25) is 5.02 Å². The normalized spacial score (nSPS) is 26.9. The van der Waals surface area contributed by atoms with E-state index in [2.05, 4.69) is 11.5 Å². The van der Waals surface area contributed by atoms with Crippen LogP contribution in [-0.4, -0.2) is 101 Å². The second kappa shape index (κ2) is 9.07. The van der Waals surface area contributed by atoms with Crippen molar-refractivity contribution in [2.45, 2.75) is 31.9 Å². The maximum absolute atomic E-state index is 13.1. The topological polar surface area (TPSA) is 88.7 Å². The number of halogens is 1. The van der Waals surface area contributed by atoms with Gasteiger partial charge in [0.25, 0.3) is 5.91 Å². The van der Waals surface area contributed by atoms with Crippen molar-refractivity contribution in [3.05, 3.63) is 29.3 Å². The van der Waals surface area contributed by atoms with Crippen LogP contribution in [0.5, 0.6) is 5.75 Å². The van der Waals surface area contributed by atoms with Gasteiger partial charge in [0.1, 0.15) is 18.5 Å². The third-order valence-corrected chi connectivity index (χ3v) is 6.36. The molecule has 4 rings (SSSR count). The van der Waals surface area contributed by atoms with Crippen molar-refractivity contribution in [2.75, 3.05) is 40.3 Å². The summed E-state index contributed by atoms with van der Waals surface area (Å²) in [6, 6.07) is 5.75. The summed E-state index contributed by atoms with van der Waals surface area (Å²) in [5.41, 5.74) is 0. The molecule has 0 saturated carbocycles. The van der Waals surface area contributed by atoms with Crippen LogP contribution in [0.3, 0.4) is 0 Å². The van der Waals surface area contributed by atoms with E-state index in [0.29, 0.717) is 28.5 Å². The number of fused-ring (bicyclic) bond motifs is 1. The number of nitrogens with zero attached hydrogens (tertiary/aromatic N) is 5. The van der Waals surface area contributed by atoms with Crippen molar-refractivity contribution in [3.63, 3.8) is 0 Å². The summed E-state index contributed by atoms with van der Waals surface area (Å²) < 4.78 is 7.85. The van der Waals surface area contributed by atoms with Gasteiger partial charge < -0.3 is 9.84 Å². The number of urea groups is 1. The summed E-state index contributed by atoms with van der Waals surface area (Å²) in [7, 11) is 3.09. The van der Waals surface area contributed by atoms with Crippen LogP contribution in [0.1, 0.15) is 19.8 Å². The number of hydrogen-bond donors (Lipinski definition) is 1. The highest BCUT2D eigenvalue weighted by Crippen LogP contribution is 2.25. The number of imide groups is 1. The minimum absolute atomic E-state index is 0.0443. The summed E-state index contributed by atoms with van der Waals surface area (Å²) in [6.07, 6.45) is 1.29. The fourth-order valence-corrected chi connectivity index (χ4v) is 4.53. The number of amides is 3. The molecule has 10 heteroatoms. The number of aliphatic hydroxyl groups excluding tert-OH is 1. The average Bonchev–Trinajstić information content (AvgIpc) is 3.15. The SMILES string of the molecule is CC1CCC[N+](=C2N=C3C(C(=O)N(C)C(=O)N3C)N2CC(O)COc2ccc(Cl)cc2)C1. The van der Waals surface area contributed by atoms with Gasteiger partial charge in [0.2, 0.25) is 11.9 Å². The van der Waals surface area contributed by atoms with Gasteiger partial charge in [-0.3, -0.25) is 19.2 Å². The van der Waals surface area contributed by atoms with Crippen molar-refractivity contribution in [1.29, 1.82) is 0 Å². The minimum Gasteiger partial charge on any atom is -0.491 e. The molecule has 3 aliphatic rings. The monoisotopic (exact) mass is 462 g/mol. The molecular formula is C22H29ClN5O4+. The Morgan fingerprint density at radius 3 is 2.66 bits per heavy atom. The first-order valence-electron chi connectivity index (χ1n) is 10.8. The Morgan fingerprint density at radius 2 is 1.97 bits per heavy atom. The summed E-state index contributed by atoms with van der Waals surface area (Å²) in [6.45, 7) is 4.01. The van der Waals surface area contributed by atoms with Crippen molar-refractivity contribution in [2.24, 2.45) is 10.9 Å². The molecular weight excluding hydrogens is 434 g/mol. The number of benzene rings is 1. The molecule has 0 spiro atoms. The maximum atomic E-state index is 13.1. The number of β-amino-alcohol motifs (C(OH)–C–C–N with tert-alkyl or cyclic N) is 1. The number of piperidine rings is 1. The standard InChI is InChI=1S/C22H29ClN5O4/c1-14-5-4-10-27(11-14)21-24-19-18(20(30)26(3)22(31)25(19)2)28(21)12-16(29)13-32-17-8-6-15(23)7-9-17/h6-9,14,16,18,29H,4-5,10-13H2,1-3H3/q+1. The average molecular weight is 463 g/mol. The lowest BCUT2D eigenvalue weighted by Crippen LogP contribution is -2.63. The number of hydrogen-bond acceptors (Lipinski definition) is 4. The molecule has 3 heterocycles. The predicted octanol–water partition coefficient (Wildman–Crippen LogP) is 1.48. The van der Waals surface area contributed by atoms with Gasteiger partial charge in [0, 0.05) is 19.1 Å². The molecule has 3 aliphatic heterocycles. The van der Waals surface area contributed by atoms with Crippen LogP contribution < -0.4 is 4.74 Å². The number of aliphatic imine (C=N–C) groups is 1. The van der Waals surface area contributed by atoms with Gasteiger partial charge >= 0.3 is 12.0 Å². The number of amidine groups is 1. The Bertz CT molecular complexity index is 964. The molecule has 3 unspecified atom stereocenters. The predicted molar refractivity (Wildman–Crippen MR) is 120 cm³/mol. The molecule has 1 N–H and O–H groups in total. The lowest BCUT2D eigenvalue weighted by Gasteiger charge is -2.34. The van der Waals surface area contributed by atoms with Crippen LogP contribution in [0, 0.1) is 5.92 Å². The van der Waals surface area contributed by atoms with E-state index in [1.807, 2.05) is 4.90 Å². The Labute approximate surface area is 192 Å².